The fourth-order valence-electron chi connectivity index (χ4n) is 2.58. The van der Waals surface area contributed by atoms with E-state index in [1.54, 1.807) is 24.5 Å². The maximum atomic E-state index is 13.5. The minimum Gasteiger partial charge on any atom is -0.355 e. The molecule has 0 saturated carbocycles. The molecule has 0 unspecified atom stereocenters. The molecule has 0 atom stereocenters. The summed E-state index contributed by atoms with van der Waals surface area (Å²) in [6.07, 6.45) is 2.53. The molecule has 2 aromatic carbocycles. The van der Waals surface area contributed by atoms with Gasteiger partial charge in [-0.3, -0.25) is 4.79 Å². The summed E-state index contributed by atoms with van der Waals surface area (Å²) in [5, 5.41) is 2.83. The van der Waals surface area contributed by atoms with Gasteiger partial charge in [-0.2, -0.15) is 0 Å². The highest BCUT2D eigenvalue weighted by molar-refractivity contribution is 5.81. The van der Waals surface area contributed by atoms with E-state index in [1.807, 2.05) is 29.8 Å². The fraction of sp³-hybridized carbons (Fsp3) is 0.222. The molecule has 0 spiro atoms. The minimum absolute atomic E-state index is 0.0726. The van der Waals surface area contributed by atoms with Crippen molar-refractivity contribution < 1.29 is 9.18 Å². The Labute approximate surface area is 134 Å². The van der Waals surface area contributed by atoms with E-state index in [2.05, 4.69) is 10.3 Å². The number of nitrogens with one attached hydrogen (secondary N) is 1. The van der Waals surface area contributed by atoms with Gasteiger partial charge < -0.3 is 9.88 Å². The van der Waals surface area contributed by atoms with Crippen LogP contribution in [0.25, 0.3) is 11.0 Å². The van der Waals surface area contributed by atoms with Gasteiger partial charge in [0, 0.05) is 13.6 Å². The zero-order chi connectivity index (χ0) is 16.2. The molecule has 5 heteroatoms. The average Bonchev–Trinajstić information content (AvgIpc) is 2.90. The van der Waals surface area contributed by atoms with E-state index in [1.165, 1.54) is 6.07 Å². The number of aromatic nitrogens is 2. The van der Waals surface area contributed by atoms with Crippen LogP contribution in [0, 0.1) is 5.82 Å². The first-order chi connectivity index (χ1) is 11.1. The second kappa shape index (κ2) is 6.60. The maximum Gasteiger partial charge on any atom is 0.224 e. The summed E-state index contributed by atoms with van der Waals surface area (Å²) in [4.78, 5) is 16.3. The molecule has 1 amide bonds. The number of nitrogens with zero attached hydrogens (tertiary/aromatic N) is 2. The largest absolute Gasteiger partial charge is 0.355 e. The molecule has 0 aliphatic carbocycles. The SMILES string of the molecule is Cn1cnc2cc(CC(=O)NCCc3ccccc3F)ccc21. The molecule has 1 N–H and O–H groups in total. The lowest BCUT2D eigenvalue weighted by Gasteiger charge is -2.06. The number of rotatable bonds is 5. The molecule has 4 nitrogen and oxygen atoms in total. The number of fused-ring (bicyclic) bond motifs is 1. The monoisotopic (exact) mass is 311 g/mol. The van der Waals surface area contributed by atoms with Gasteiger partial charge in [-0.1, -0.05) is 24.3 Å². The lowest BCUT2D eigenvalue weighted by molar-refractivity contribution is -0.120. The van der Waals surface area contributed by atoms with Crippen molar-refractivity contribution in [2.24, 2.45) is 7.05 Å². The predicted molar refractivity (Wildman–Crippen MR) is 87.5 cm³/mol. The predicted octanol–water partition coefficient (Wildman–Crippen LogP) is 2.61. The van der Waals surface area contributed by atoms with E-state index in [9.17, 15) is 9.18 Å². The number of imidazole rings is 1. The third kappa shape index (κ3) is 3.56. The number of halogens is 1. The molecule has 23 heavy (non-hydrogen) atoms. The summed E-state index contributed by atoms with van der Waals surface area (Å²) in [5.41, 5.74) is 3.44. The van der Waals surface area contributed by atoms with Crippen molar-refractivity contribution in [1.29, 1.82) is 0 Å². The Morgan fingerprint density at radius 1 is 1.26 bits per heavy atom. The Morgan fingerprint density at radius 3 is 2.91 bits per heavy atom. The summed E-state index contributed by atoms with van der Waals surface area (Å²) in [6, 6.07) is 12.4. The first kappa shape index (κ1) is 15.2. The molecule has 0 saturated heterocycles. The molecular weight excluding hydrogens is 293 g/mol. The van der Waals surface area contributed by atoms with Crippen molar-refractivity contribution in [1.82, 2.24) is 14.9 Å². The van der Waals surface area contributed by atoms with Crippen molar-refractivity contribution in [2.75, 3.05) is 6.54 Å². The minimum atomic E-state index is -0.234. The third-order valence-corrected chi connectivity index (χ3v) is 3.83. The number of benzene rings is 2. The number of aryl methyl sites for hydroxylation is 1. The molecule has 0 aliphatic rings. The maximum absolute atomic E-state index is 13.5. The number of hydrogen-bond donors (Lipinski definition) is 1. The Kier molecular flexibility index (Phi) is 4.37. The van der Waals surface area contributed by atoms with Gasteiger partial charge in [0.1, 0.15) is 5.82 Å². The van der Waals surface area contributed by atoms with Gasteiger partial charge in [0.05, 0.1) is 23.8 Å². The molecule has 0 aliphatic heterocycles. The normalized spacial score (nSPS) is 10.9. The molecule has 0 bridgehead atoms. The average molecular weight is 311 g/mol. The number of amides is 1. The summed E-state index contributed by atoms with van der Waals surface area (Å²) < 4.78 is 15.4. The zero-order valence-electron chi connectivity index (χ0n) is 12.9. The zero-order valence-corrected chi connectivity index (χ0v) is 12.9. The third-order valence-electron chi connectivity index (χ3n) is 3.83. The van der Waals surface area contributed by atoms with Gasteiger partial charge in [0.15, 0.2) is 0 Å². The van der Waals surface area contributed by atoms with Crippen molar-refractivity contribution in [3.63, 3.8) is 0 Å². The van der Waals surface area contributed by atoms with E-state index >= 15 is 0 Å². The van der Waals surface area contributed by atoms with E-state index < -0.39 is 0 Å². The Bertz CT molecular complexity index is 841. The van der Waals surface area contributed by atoms with Crippen molar-refractivity contribution in [3.8, 4) is 0 Å². The van der Waals surface area contributed by atoms with Crippen molar-refractivity contribution >= 4 is 16.9 Å². The number of carbonyl (C=O) groups excluding carboxylic acids is 1. The molecular formula is C18H18FN3O. The smallest absolute Gasteiger partial charge is 0.224 e. The van der Waals surface area contributed by atoms with E-state index in [-0.39, 0.29) is 11.7 Å². The molecule has 3 aromatic rings. The van der Waals surface area contributed by atoms with Crippen LogP contribution in [-0.4, -0.2) is 22.0 Å². The van der Waals surface area contributed by atoms with Crippen LogP contribution < -0.4 is 5.32 Å². The van der Waals surface area contributed by atoms with Crippen LogP contribution >= 0.6 is 0 Å². The van der Waals surface area contributed by atoms with E-state index in [0.717, 1.165) is 16.6 Å². The molecule has 3 rings (SSSR count). The second-order valence-electron chi connectivity index (χ2n) is 5.55. The van der Waals surface area contributed by atoms with Crippen LogP contribution in [0.4, 0.5) is 4.39 Å². The highest BCUT2D eigenvalue weighted by atomic mass is 19.1. The summed E-state index contributed by atoms with van der Waals surface area (Å²) in [7, 11) is 1.93. The van der Waals surface area contributed by atoms with Gasteiger partial charge >= 0.3 is 0 Å². The highest BCUT2D eigenvalue weighted by Gasteiger charge is 2.07. The fourth-order valence-corrected chi connectivity index (χ4v) is 2.58. The molecule has 0 radical (unpaired) electrons. The van der Waals surface area contributed by atoms with Gasteiger partial charge in [0.25, 0.3) is 0 Å². The standard InChI is InChI=1S/C18H18FN3O/c1-22-12-21-16-10-13(6-7-17(16)22)11-18(23)20-9-8-14-4-2-3-5-15(14)19/h2-7,10,12H,8-9,11H2,1H3,(H,20,23). The van der Waals surface area contributed by atoms with Gasteiger partial charge in [-0.05, 0) is 35.7 Å². The molecule has 1 aromatic heterocycles. The number of hydrogen-bond acceptors (Lipinski definition) is 2. The van der Waals surface area contributed by atoms with Crippen LogP contribution in [0.3, 0.4) is 0 Å². The summed E-state index contributed by atoms with van der Waals surface area (Å²) >= 11 is 0. The van der Waals surface area contributed by atoms with Crippen molar-refractivity contribution in [3.05, 3.63) is 65.7 Å². The first-order valence-corrected chi connectivity index (χ1v) is 7.53. The van der Waals surface area contributed by atoms with Gasteiger partial charge in [0.2, 0.25) is 5.91 Å². The second-order valence-corrected chi connectivity index (χ2v) is 5.55. The van der Waals surface area contributed by atoms with Crippen LogP contribution in [-0.2, 0) is 24.7 Å². The molecule has 0 fully saturated rings. The van der Waals surface area contributed by atoms with E-state index in [0.29, 0.717) is 24.9 Å². The summed E-state index contributed by atoms with van der Waals surface area (Å²) in [6.45, 7) is 0.422. The van der Waals surface area contributed by atoms with Crippen LogP contribution in [0.5, 0.6) is 0 Å². The van der Waals surface area contributed by atoms with Crippen molar-refractivity contribution in [2.45, 2.75) is 12.8 Å². The van der Waals surface area contributed by atoms with Gasteiger partial charge in [-0.25, -0.2) is 9.37 Å². The topological polar surface area (TPSA) is 46.9 Å². The Balaban J connectivity index is 1.55. The Morgan fingerprint density at radius 2 is 2.09 bits per heavy atom. The van der Waals surface area contributed by atoms with Crippen LogP contribution in [0.1, 0.15) is 11.1 Å². The summed E-state index contributed by atoms with van der Waals surface area (Å²) in [5.74, 6) is -0.307. The lowest BCUT2D eigenvalue weighted by atomic mass is 10.1. The lowest BCUT2D eigenvalue weighted by Crippen LogP contribution is -2.27. The molecule has 118 valence electrons. The van der Waals surface area contributed by atoms with Crippen LogP contribution in [0.2, 0.25) is 0 Å². The van der Waals surface area contributed by atoms with Gasteiger partial charge in [-0.15, -0.1) is 0 Å². The Hall–Kier alpha value is -2.69. The first-order valence-electron chi connectivity index (χ1n) is 7.53. The quantitative estimate of drug-likeness (QED) is 0.787. The van der Waals surface area contributed by atoms with E-state index in [4.69, 9.17) is 0 Å². The highest BCUT2D eigenvalue weighted by Crippen LogP contribution is 2.14. The van der Waals surface area contributed by atoms with Crippen LogP contribution in [0.15, 0.2) is 48.8 Å². The number of carbonyl (C=O) groups is 1. The molecule has 1 heterocycles.